The van der Waals surface area contributed by atoms with Gasteiger partial charge in [-0.3, -0.25) is 4.79 Å². The summed E-state index contributed by atoms with van der Waals surface area (Å²) in [6, 6.07) is 0. The third-order valence-corrected chi connectivity index (χ3v) is 2.04. The molecule has 0 aromatic heterocycles. The summed E-state index contributed by atoms with van der Waals surface area (Å²) in [5.41, 5.74) is 4.62. The van der Waals surface area contributed by atoms with Crippen molar-refractivity contribution in [1.82, 2.24) is 5.32 Å². The van der Waals surface area contributed by atoms with Crippen molar-refractivity contribution in [2.75, 3.05) is 13.7 Å². The number of amides is 1. The van der Waals surface area contributed by atoms with Gasteiger partial charge in [-0.05, 0) is 20.3 Å². The van der Waals surface area contributed by atoms with E-state index in [4.69, 9.17) is 10.5 Å². The standard InChI is InChI=1S/C10H22N2O2/c1-9(2,8(13)12-5)6-7-14-10(3,4)11/h6-7,11H2,1-5H3,(H,12,13). The molecule has 0 saturated heterocycles. The van der Waals surface area contributed by atoms with Gasteiger partial charge >= 0.3 is 0 Å². The molecule has 0 aliphatic carbocycles. The third-order valence-electron chi connectivity index (χ3n) is 2.04. The van der Waals surface area contributed by atoms with E-state index in [1.807, 2.05) is 13.8 Å². The zero-order valence-corrected chi connectivity index (χ0v) is 9.81. The number of carbonyl (C=O) groups is 1. The first kappa shape index (κ1) is 13.4. The van der Waals surface area contributed by atoms with E-state index in [1.165, 1.54) is 0 Å². The highest BCUT2D eigenvalue weighted by Gasteiger charge is 2.26. The Morgan fingerprint density at radius 1 is 1.36 bits per heavy atom. The van der Waals surface area contributed by atoms with E-state index in [-0.39, 0.29) is 5.91 Å². The minimum atomic E-state index is -0.626. The number of rotatable bonds is 5. The Balaban J connectivity index is 3.94. The molecule has 14 heavy (non-hydrogen) atoms. The smallest absolute Gasteiger partial charge is 0.225 e. The maximum Gasteiger partial charge on any atom is 0.225 e. The monoisotopic (exact) mass is 202 g/mol. The second-order valence-corrected chi connectivity index (χ2v) is 4.66. The van der Waals surface area contributed by atoms with Gasteiger partial charge in [0.15, 0.2) is 0 Å². The lowest BCUT2D eigenvalue weighted by Gasteiger charge is -2.25. The maximum absolute atomic E-state index is 11.4. The van der Waals surface area contributed by atoms with Crippen molar-refractivity contribution in [2.45, 2.75) is 39.8 Å². The highest BCUT2D eigenvalue weighted by molar-refractivity contribution is 5.81. The Morgan fingerprint density at radius 2 is 1.86 bits per heavy atom. The molecule has 84 valence electrons. The molecule has 0 unspecified atom stereocenters. The minimum Gasteiger partial charge on any atom is -0.361 e. The zero-order valence-electron chi connectivity index (χ0n) is 9.81. The van der Waals surface area contributed by atoms with Crippen LogP contribution in [-0.2, 0) is 9.53 Å². The van der Waals surface area contributed by atoms with Gasteiger partial charge in [0.2, 0.25) is 5.91 Å². The molecule has 0 aliphatic rings. The molecule has 0 atom stereocenters. The number of carbonyl (C=O) groups excluding carboxylic acids is 1. The molecule has 0 aliphatic heterocycles. The van der Waals surface area contributed by atoms with Crippen LogP contribution in [0, 0.1) is 5.41 Å². The molecule has 0 fully saturated rings. The van der Waals surface area contributed by atoms with Crippen LogP contribution in [0.25, 0.3) is 0 Å². The quantitative estimate of drug-likeness (QED) is 0.650. The molecule has 4 nitrogen and oxygen atoms in total. The van der Waals surface area contributed by atoms with Crippen LogP contribution in [0.5, 0.6) is 0 Å². The molecular weight excluding hydrogens is 180 g/mol. The first-order valence-corrected chi connectivity index (χ1v) is 4.84. The van der Waals surface area contributed by atoms with Crippen molar-refractivity contribution in [3.63, 3.8) is 0 Å². The second kappa shape index (κ2) is 4.75. The van der Waals surface area contributed by atoms with Crippen molar-refractivity contribution < 1.29 is 9.53 Å². The van der Waals surface area contributed by atoms with Gasteiger partial charge in [0.25, 0.3) is 0 Å². The zero-order chi connectivity index (χ0) is 11.4. The maximum atomic E-state index is 11.4. The minimum absolute atomic E-state index is 0.0240. The second-order valence-electron chi connectivity index (χ2n) is 4.66. The van der Waals surface area contributed by atoms with Crippen molar-refractivity contribution in [1.29, 1.82) is 0 Å². The molecule has 0 heterocycles. The highest BCUT2D eigenvalue weighted by Crippen LogP contribution is 2.20. The lowest BCUT2D eigenvalue weighted by Crippen LogP contribution is -2.39. The van der Waals surface area contributed by atoms with Crippen LogP contribution in [0.4, 0.5) is 0 Å². The lowest BCUT2D eigenvalue weighted by molar-refractivity contribution is -0.130. The van der Waals surface area contributed by atoms with E-state index in [0.717, 1.165) is 0 Å². The Bertz CT molecular complexity index is 195. The predicted molar refractivity (Wildman–Crippen MR) is 56.7 cm³/mol. The van der Waals surface area contributed by atoms with Gasteiger partial charge in [-0.25, -0.2) is 0 Å². The van der Waals surface area contributed by atoms with Crippen LogP contribution in [0.3, 0.4) is 0 Å². The summed E-state index contributed by atoms with van der Waals surface area (Å²) in [6.45, 7) is 7.85. The Kier molecular flexibility index (Phi) is 4.55. The van der Waals surface area contributed by atoms with Gasteiger partial charge in [-0.1, -0.05) is 13.8 Å². The summed E-state index contributed by atoms with van der Waals surface area (Å²) in [5, 5.41) is 2.63. The first-order chi connectivity index (χ1) is 6.19. The van der Waals surface area contributed by atoms with Crippen LogP contribution < -0.4 is 11.1 Å². The molecular formula is C10H22N2O2. The van der Waals surface area contributed by atoms with E-state index >= 15 is 0 Å². The van der Waals surface area contributed by atoms with Gasteiger partial charge in [0, 0.05) is 19.1 Å². The van der Waals surface area contributed by atoms with Crippen molar-refractivity contribution in [2.24, 2.45) is 11.1 Å². The topological polar surface area (TPSA) is 64.3 Å². The molecule has 0 radical (unpaired) electrons. The number of nitrogens with two attached hydrogens (primary N) is 1. The van der Waals surface area contributed by atoms with Crippen molar-refractivity contribution in [3.05, 3.63) is 0 Å². The molecule has 0 spiro atoms. The Hall–Kier alpha value is -0.610. The number of ether oxygens (including phenoxy) is 1. The number of hydrogen-bond donors (Lipinski definition) is 2. The van der Waals surface area contributed by atoms with Crippen LogP contribution in [0.15, 0.2) is 0 Å². The predicted octanol–water partition coefficient (Wildman–Crippen LogP) is 0.860. The summed E-state index contributed by atoms with van der Waals surface area (Å²) < 4.78 is 5.36. The van der Waals surface area contributed by atoms with Gasteiger partial charge in [-0.15, -0.1) is 0 Å². The van der Waals surface area contributed by atoms with E-state index in [2.05, 4.69) is 5.32 Å². The van der Waals surface area contributed by atoms with Gasteiger partial charge < -0.3 is 15.8 Å². The van der Waals surface area contributed by atoms with Crippen LogP contribution >= 0.6 is 0 Å². The van der Waals surface area contributed by atoms with Gasteiger partial charge in [0.1, 0.15) is 5.72 Å². The molecule has 4 heteroatoms. The fraction of sp³-hybridized carbons (Fsp3) is 0.900. The number of hydrogen-bond acceptors (Lipinski definition) is 3. The lowest BCUT2D eigenvalue weighted by atomic mass is 9.89. The van der Waals surface area contributed by atoms with Crippen molar-refractivity contribution in [3.8, 4) is 0 Å². The fourth-order valence-corrected chi connectivity index (χ4v) is 1.02. The SMILES string of the molecule is CNC(=O)C(C)(C)CCOC(C)(C)N. The largest absolute Gasteiger partial charge is 0.361 e. The average Bonchev–Trinajstić information content (AvgIpc) is 2.00. The molecule has 0 rings (SSSR count). The van der Waals surface area contributed by atoms with Gasteiger partial charge in [-0.2, -0.15) is 0 Å². The highest BCUT2D eigenvalue weighted by atomic mass is 16.5. The first-order valence-electron chi connectivity index (χ1n) is 4.84. The fourth-order valence-electron chi connectivity index (χ4n) is 1.02. The molecule has 0 aromatic carbocycles. The average molecular weight is 202 g/mol. The van der Waals surface area contributed by atoms with Crippen molar-refractivity contribution >= 4 is 5.91 Å². The summed E-state index contributed by atoms with van der Waals surface area (Å²) in [4.78, 5) is 11.4. The van der Waals surface area contributed by atoms with Crippen LogP contribution in [0.1, 0.15) is 34.1 Å². The summed E-state index contributed by atoms with van der Waals surface area (Å²) >= 11 is 0. The van der Waals surface area contributed by atoms with E-state index in [1.54, 1.807) is 20.9 Å². The third kappa shape index (κ3) is 5.19. The van der Waals surface area contributed by atoms with E-state index in [9.17, 15) is 4.79 Å². The summed E-state index contributed by atoms with van der Waals surface area (Å²) in [5.74, 6) is 0.0240. The van der Waals surface area contributed by atoms with Crippen LogP contribution in [0.2, 0.25) is 0 Å². The summed E-state index contributed by atoms with van der Waals surface area (Å²) in [6.07, 6.45) is 0.660. The van der Waals surface area contributed by atoms with E-state index in [0.29, 0.717) is 13.0 Å². The molecule has 0 saturated carbocycles. The summed E-state index contributed by atoms with van der Waals surface area (Å²) in [7, 11) is 1.64. The number of nitrogens with one attached hydrogen (secondary N) is 1. The molecule has 1 amide bonds. The Morgan fingerprint density at radius 3 is 2.21 bits per heavy atom. The van der Waals surface area contributed by atoms with Gasteiger partial charge in [0.05, 0.1) is 0 Å². The molecule has 3 N–H and O–H groups in total. The normalized spacial score (nSPS) is 12.7. The Labute approximate surface area is 86.2 Å². The molecule has 0 aromatic rings. The molecule has 0 bridgehead atoms. The van der Waals surface area contributed by atoms with E-state index < -0.39 is 11.1 Å². The van der Waals surface area contributed by atoms with Crippen LogP contribution in [-0.4, -0.2) is 25.3 Å².